The highest BCUT2D eigenvalue weighted by molar-refractivity contribution is 6.05. The summed E-state index contributed by atoms with van der Waals surface area (Å²) in [6, 6.07) is 3.25. The normalized spacial score (nSPS) is 14.1. The standard InChI is InChI=1S/C18H16F3NO5/c1-25-14-8-7-11(10-13(14)18(19,20)21)22-9-5-4-6-12(16(23)26-2)15(22)17(24)27-3/h4-10H,1-3H3. The number of carbonyl (C=O) groups is 2. The van der Waals surface area contributed by atoms with E-state index in [1.807, 2.05) is 0 Å². The number of esters is 2. The Labute approximate surface area is 153 Å². The van der Waals surface area contributed by atoms with Gasteiger partial charge in [-0.15, -0.1) is 0 Å². The number of benzene rings is 1. The molecule has 0 N–H and O–H groups in total. The molecule has 27 heavy (non-hydrogen) atoms. The lowest BCUT2D eigenvalue weighted by molar-refractivity contribution is -0.139. The minimum absolute atomic E-state index is 0.0233. The smallest absolute Gasteiger partial charge is 0.420 e. The second kappa shape index (κ2) is 7.98. The summed E-state index contributed by atoms with van der Waals surface area (Å²) in [5, 5.41) is 0. The van der Waals surface area contributed by atoms with Crippen molar-refractivity contribution in [2.75, 3.05) is 26.2 Å². The third-order valence-electron chi connectivity index (χ3n) is 3.66. The van der Waals surface area contributed by atoms with Crippen molar-refractivity contribution < 1.29 is 37.0 Å². The van der Waals surface area contributed by atoms with E-state index in [1.54, 1.807) is 0 Å². The maximum absolute atomic E-state index is 13.3. The molecule has 0 atom stereocenters. The molecule has 0 radical (unpaired) electrons. The Bertz CT molecular complexity index is 840. The van der Waals surface area contributed by atoms with E-state index in [4.69, 9.17) is 9.47 Å². The van der Waals surface area contributed by atoms with Crippen molar-refractivity contribution in [3.8, 4) is 5.75 Å². The molecule has 0 amide bonds. The van der Waals surface area contributed by atoms with Gasteiger partial charge in [-0.05, 0) is 30.4 Å². The monoisotopic (exact) mass is 383 g/mol. The fraction of sp³-hybridized carbons (Fsp3) is 0.222. The fourth-order valence-corrected chi connectivity index (χ4v) is 2.43. The van der Waals surface area contributed by atoms with Gasteiger partial charge in [0.1, 0.15) is 11.4 Å². The maximum Gasteiger partial charge on any atom is 0.420 e. The number of anilines is 1. The first-order chi connectivity index (χ1) is 12.7. The molecule has 0 aliphatic carbocycles. The molecule has 0 saturated carbocycles. The van der Waals surface area contributed by atoms with Crippen molar-refractivity contribution in [3.05, 3.63) is 59.5 Å². The Balaban J connectivity index is 2.71. The lowest BCUT2D eigenvalue weighted by Gasteiger charge is -2.24. The first-order valence-electron chi connectivity index (χ1n) is 7.54. The van der Waals surface area contributed by atoms with Gasteiger partial charge in [0.05, 0.1) is 32.5 Å². The maximum atomic E-state index is 13.3. The Hall–Kier alpha value is -3.23. The number of hydrogen-bond acceptors (Lipinski definition) is 6. The number of rotatable bonds is 4. The summed E-state index contributed by atoms with van der Waals surface area (Å²) in [6.45, 7) is 0. The Kier molecular flexibility index (Phi) is 5.94. The van der Waals surface area contributed by atoms with Crippen molar-refractivity contribution in [3.63, 3.8) is 0 Å². The second-order valence-electron chi connectivity index (χ2n) is 5.20. The van der Waals surface area contributed by atoms with E-state index in [1.165, 1.54) is 30.5 Å². The van der Waals surface area contributed by atoms with Crippen LogP contribution in [-0.2, 0) is 25.2 Å². The molecule has 1 aromatic carbocycles. The van der Waals surface area contributed by atoms with Crippen LogP contribution in [0.15, 0.2) is 53.9 Å². The van der Waals surface area contributed by atoms with E-state index in [0.717, 1.165) is 38.4 Å². The average molecular weight is 383 g/mol. The van der Waals surface area contributed by atoms with Crippen LogP contribution in [0, 0.1) is 0 Å². The molecule has 1 aliphatic heterocycles. The van der Waals surface area contributed by atoms with Gasteiger partial charge >= 0.3 is 18.1 Å². The van der Waals surface area contributed by atoms with Crippen molar-refractivity contribution >= 4 is 17.6 Å². The summed E-state index contributed by atoms with van der Waals surface area (Å²) < 4.78 is 54.1. The van der Waals surface area contributed by atoms with E-state index in [9.17, 15) is 22.8 Å². The highest BCUT2D eigenvalue weighted by Gasteiger charge is 2.36. The molecule has 1 aliphatic rings. The van der Waals surface area contributed by atoms with Crippen LogP contribution in [0.3, 0.4) is 0 Å². The van der Waals surface area contributed by atoms with Crippen LogP contribution in [0.2, 0.25) is 0 Å². The number of halogens is 3. The zero-order chi connectivity index (χ0) is 20.2. The van der Waals surface area contributed by atoms with Crippen LogP contribution in [-0.4, -0.2) is 33.3 Å². The van der Waals surface area contributed by atoms with Crippen LogP contribution < -0.4 is 9.64 Å². The number of hydrogen-bond donors (Lipinski definition) is 0. The van der Waals surface area contributed by atoms with Crippen molar-refractivity contribution in [1.29, 1.82) is 0 Å². The highest BCUT2D eigenvalue weighted by atomic mass is 19.4. The van der Waals surface area contributed by atoms with Crippen LogP contribution in [0.5, 0.6) is 5.75 Å². The minimum Gasteiger partial charge on any atom is -0.496 e. The van der Waals surface area contributed by atoms with Gasteiger partial charge in [0, 0.05) is 11.9 Å². The molecule has 1 heterocycles. The van der Waals surface area contributed by atoms with E-state index in [-0.39, 0.29) is 22.7 Å². The van der Waals surface area contributed by atoms with Gasteiger partial charge in [-0.25, -0.2) is 9.59 Å². The first-order valence-corrected chi connectivity index (χ1v) is 7.54. The third kappa shape index (κ3) is 4.13. The summed E-state index contributed by atoms with van der Waals surface area (Å²) in [6.07, 6.45) is 0.860. The zero-order valence-electron chi connectivity index (χ0n) is 14.7. The molecule has 6 nitrogen and oxygen atoms in total. The van der Waals surface area contributed by atoms with Crippen molar-refractivity contribution in [2.24, 2.45) is 0 Å². The lowest BCUT2D eigenvalue weighted by Crippen LogP contribution is -2.27. The molecule has 2 rings (SSSR count). The average Bonchev–Trinajstić information content (AvgIpc) is 2.88. The van der Waals surface area contributed by atoms with Crippen molar-refractivity contribution in [2.45, 2.75) is 6.18 Å². The number of methoxy groups -OCH3 is 3. The van der Waals surface area contributed by atoms with E-state index < -0.39 is 23.7 Å². The fourth-order valence-electron chi connectivity index (χ4n) is 2.43. The molecular weight excluding hydrogens is 367 g/mol. The summed E-state index contributed by atoms with van der Waals surface area (Å²) in [4.78, 5) is 25.5. The molecule has 1 aromatic rings. The van der Waals surface area contributed by atoms with E-state index in [0.29, 0.717) is 0 Å². The highest BCUT2D eigenvalue weighted by Crippen LogP contribution is 2.39. The number of ether oxygens (including phenoxy) is 3. The number of allylic oxidation sites excluding steroid dienone is 2. The van der Waals surface area contributed by atoms with Crippen LogP contribution in [0.25, 0.3) is 0 Å². The van der Waals surface area contributed by atoms with Crippen LogP contribution in [0.4, 0.5) is 18.9 Å². The Morgan fingerprint density at radius 3 is 2.22 bits per heavy atom. The van der Waals surface area contributed by atoms with Gasteiger partial charge in [0.2, 0.25) is 0 Å². The van der Waals surface area contributed by atoms with Gasteiger partial charge in [-0.1, -0.05) is 6.08 Å². The third-order valence-corrected chi connectivity index (χ3v) is 3.66. The van der Waals surface area contributed by atoms with Gasteiger partial charge in [0.25, 0.3) is 0 Å². The quantitative estimate of drug-likeness (QED) is 0.744. The molecule has 0 spiro atoms. The molecule has 0 saturated heterocycles. The summed E-state index contributed by atoms with van der Waals surface area (Å²) in [5.41, 5.74) is -1.51. The molecule has 0 aromatic heterocycles. The number of carbonyl (C=O) groups excluding carboxylic acids is 2. The van der Waals surface area contributed by atoms with Gasteiger partial charge in [0.15, 0.2) is 0 Å². The lowest BCUT2D eigenvalue weighted by atomic mass is 10.1. The molecule has 0 fully saturated rings. The molecule has 0 unspecified atom stereocenters. The molecule has 0 bridgehead atoms. The molecule has 9 heteroatoms. The minimum atomic E-state index is -4.69. The predicted octanol–water partition coefficient (Wildman–Crippen LogP) is 3.20. The Morgan fingerprint density at radius 2 is 1.67 bits per heavy atom. The SMILES string of the molecule is COC(=O)C1=C(C(=O)OC)N(c2ccc(OC)c(C(F)(F)F)c2)C=CC=C1. The second-order valence-corrected chi connectivity index (χ2v) is 5.20. The summed E-state index contributed by atoms with van der Waals surface area (Å²) in [5.74, 6) is -2.14. The zero-order valence-corrected chi connectivity index (χ0v) is 14.7. The number of alkyl halides is 3. The first kappa shape index (κ1) is 20.1. The summed E-state index contributed by atoms with van der Waals surface area (Å²) >= 11 is 0. The topological polar surface area (TPSA) is 65.1 Å². The van der Waals surface area contributed by atoms with Gasteiger partial charge in [-0.2, -0.15) is 13.2 Å². The van der Waals surface area contributed by atoms with Crippen LogP contribution >= 0.6 is 0 Å². The van der Waals surface area contributed by atoms with Gasteiger partial charge in [-0.3, -0.25) is 0 Å². The van der Waals surface area contributed by atoms with E-state index >= 15 is 0 Å². The summed E-state index contributed by atoms with van der Waals surface area (Å²) in [7, 11) is 3.33. The number of nitrogens with zero attached hydrogens (tertiary/aromatic N) is 1. The largest absolute Gasteiger partial charge is 0.496 e. The molecular formula is C18H16F3NO5. The molecule has 144 valence electrons. The van der Waals surface area contributed by atoms with Gasteiger partial charge < -0.3 is 19.1 Å². The van der Waals surface area contributed by atoms with Crippen molar-refractivity contribution in [1.82, 2.24) is 0 Å². The van der Waals surface area contributed by atoms with Crippen LogP contribution in [0.1, 0.15) is 5.56 Å². The predicted molar refractivity (Wildman–Crippen MR) is 89.8 cm³/mol. The Morgan fingerprint density at radius 1 is 1.00 bits per heavy atom. The van der Waals surface area contributed by atoms with E-state index in [2.05, 4.69) is 4.74 Å².